The standard InChI is InChI=1S/C16H26N2O2S/c1-4-15-10-17-16(14-8-6-5-7-9-14)11-18(15)13(2)12-21(3,19)20/h5-9,13,15-17H,4,10-12H2,1-3H3. The molecule has 5 heteroatoms. The Morgan fingerprint density at radius 2 is 2.00 bits per heavy atom. The van der Waals surface area contributed by atoms with Crippen LogP contribution in [-0.2, 0) is 9.84 Å². The summed E-state index contributed by atoms with van der Waals surface area (Å²) in [5, 5.41) is 3.59. The van der Waals surface area contributed by atoms with Crippen LogP contribution < -0.4 is 5.32 Å². The Bertz CT molecular complexity index is 545. The van der Waals surface area contributed by atoms with E-state index < -0.39 is 9.84 Å². The maximum Gasteiger partial charge on any atom is 0.148 e. The van der Waals surface area contributed by atoms with Crippen molar-refractivity contribution in [3.63, 3.8) is 0 Å². The molecular formula is C16H26N2O2S. The zero-order chi connectivity index (χ0) is 15.5. The van der Waals surface area contributed by atoms with Crippen LogP contribution in [0.15, 0.2) is 30.3 Å². The van der Waals surface area contributed by atoms with Gasteiger partial charge in [0, 0.05) is 37.5 Å². The molecule has 1 N–H and O–H groups in total. The summed E-state index contributed by atoms with van der Waals surface area (Å²) >= 11 is 0. The molecule has 3 unspecified atom stereocenters. The fourth-order valence-corrected chi connectivity index (χ4v) is 4.25. The monoisotopic (exact) mass is 310 g/mol. The molecule has 3 atom stereocenters. The van der Waals surface area contributed by atoms with Crippen molar-refractivity contribution in [2.75, 3.05) is 25.1 Å². The molecule has 0 aliphatic carbocycles. The maximum atomic E-state index is 11.6. The zero-order valence-corrected chi connectivity index (χ0v) is 13.9. The number of hydrogen-bond acceptors (Lipinski definition) is 4. The summed E-state index contributed by atoms with van der Waals surface area (Å²) in [5.74, 6) is 0.227. The smallest absolute Gasteiger partial charge is 0.148 e. The molecule has 1 aliphatic heterocycles. The molecule has 1 aliphatic rings. The predicted octanol–water partition coefficient (Wildman–Crippen LogP) is 1.84. The topological polar surface area (TPSA) is 49.4 Å². The van der Waals surface area contributed by atoms with Gasteiger partial charge in [0.2, 0.25) is 0 Å². The molecular weight excluding hydrogens is 284 g/mol. The molecule has 0 amide bonds. The molecule has 0 radical (unpaired) electrons. The first-order valence-corrected chi connectivity index (χ1v) is 9.68. The van der Waals surface area contributed by atoms with Crippen LogP contribution >= 0.6 is 0 Å². The average molecular weight is 310 g/mol. The lowest BCUT2D eigenvalue weighted by Crippen LogP contribution is -2.56. The van der Waals surface area contributed by atoms with Gasteiger partial charge < -0.3 is 5.32 Å². The van der Waals surface area contributed by atoms with E-state index in [9.17, 15) is 8.42 Å². The van der Waals surface area contributed by atoms with E-state index >= 15 is 0 Å². The highest BCUT2D eigenvalue weighted by atomic mass is 32.2. The van der Waals surface area contributed by atoms with Gasteiger partial charge >= 0.3 is 0 Å². The van der Waals surface area contributed by atoms with Gasteiger partial charge in [0.25, 0.3) is 0 Å². The second-order valence-corrected chi connectivity index (χ2v) is 8.26. The number of sulfone groups is 1. The van der Waals surface area contributed by atoms with Gasteiger partial charge in [-0.05, 0) is 18.9 Å². The molecule has 1 aromatic carbocycles. The first-order valence-electron chi connectivity index (χ1n) is 7.62. The Labute approximate surface area is 128 Å². The Kier molecular flexibility index (Phi) is 5.41. The van der Waals surface area contributed by atoms with E-state index in [4.69, 9.17) is 0 Å². The minimum Gasteiger partial charge on any atom is -0.307 e. The summed E-state index contributed by atoms with van der Waals surface area (Å²) in [6.07, 6.45) is 2.35. The van der Waals surface area contributed by atoms with Crippen LogP contribution in [0.2, 0.25) is 0 Å². The van der Waals surface area contributed by atoms with Gasteiger partial charge in [-0.25, -0.2) is 8.42 Å². The third kappa shape index (κ3) is 4.53. The quantitative estimate of drug-likeness (QED) is 0.902. The third-order valence-electron chi connectivity index (χ3n) is 4.25. The number of rotatable bonds is 5. The predicted molar refractivity (Wildman–Crippen MR) is 87.1 cm³/mol. The number of hydrogen-bond donors (Lipinski definition) is 1. The van der Waals surface area contributed by atoms with Gasteiger partial charge in [-0.3, -0.25) is 4.90 Å². The Balaban J connectivity index is 2.12. The minimum atomic E-state index is -2.95. The summed E-state index contributed by atoms with van der Waals surface area (Å²) < 4.78 is 23.2. The molecule has 0 bridgehead atoms. The van der Waals surface area contributed by atoms with Crippen molar-refractivity contribution in [1.82, 2.24) is 10.2 Å². The highest BCUT2D eigenvalue weighted by Crippen LogP contribution is 2.23. The first-order chi connectivity index (χ1) is 9.90. The number of nitrogens with zero attached hydrogens (tertiary/aromatic N) is 1. The van der Waals surface area contributed by atoms with Crippen molar-refractivity contribution >= 4 is 9.84 Å². The molecule has 1 aromatic rings. The first kappa shape index (κ1) is 16.5. The van der Waals surface area contributed by atoms with Crippen molar-refractivity contribution in [1.29, 1.82) is 0 Å². The van der Waals surface area contributed by atoms with Crippen LogP contribution in [-0.4, -0.2) is 50.5 Å². The fraction of sp³-hybridized carbons (Fsp3) is 0.625. The largest absolute Gasteiger partial charge is 0.307 e. The summed E-state index contributed by atoms with van der Waals surface area (Å²) in [6.45, 7) is 5.95. The molecule has 0 saturated carbocycles. The van der Waals surface area contributed by atoms with Crippen molar-refractivity contribution in [3.8, 4) is 0 Å². The van der Waals surface area contributed by atoms with Crippen molar-refractivity contribution in [2.45, 2.75) is 38.4 Å². The van der Waals surface area contributed by atoms with Gasteiger partial charge in [-0.2, -0.15) is 0 Å². The van der Waals surface area contributed by atoms with Crippen LogP contribution in [0.5, 0.6) is 0 Å². The summed E-state index contributed by atoms with van der Waals surface area (Å²) in [5.41, 5.74) is 1.27. The van der Waals surface area contributed by atoms with Crippen LogP contribution in [0.3, 0.4) is 0 Å². The third-order valence-corrected chi connectivity index (χ3v) is 5.33. The van der Waals surface area contributed by atoms with E-state index in [0.29, 0.717) is 6.04 Å². The number of nitrogens with one attached hydrogen (secondary N) is 1. The Hall–Kier alpha value is -0.910. The second kappa shape index (κ2) is 6.90. The number of benzene rings is 1. The molecule has 1 heterocycles. The zero-order valence-electron chi connectivity index (χ0n) is 13.1. The molecule has 1 fully saturated rings. The molecule has 4 nitrogen and oxygen atoms in total. The molecule has 2 rings (SSSR count). The van der Waals surface area contributed by atoms with Gasteiger partial charge in [-0.1, -0.05) is 37.3 Å². The van der Waals surface area contributed by atoms with E-state index in [-0.39, 0.29) is 17.8 Å². The summed E-state index contributed by atoms with van der Waals surface area (Å²) in [4.78, 5) is 2.36. The number of piperazine rings is 1. The molecule has 21 heavy (non-hydrogen) atoms. The van der Waals surface area contributed by atoms with E-state index in [1.807, 2.05) is 25.1 Å². The fourth-order valence-electron chi connectivity index (χ4n) is 3.18. The molecule has 118 valence electrons. The minimum absolute atomic E-state index is 0.0539. The lowest BCUT2D eigenvalue weighted by molar-refractivity contribution is 0.0952. The van der Waals surface area contributed by atoms with Crippen LogP contribution in [0, 0.1) is 0 Å². The lowest BCUT2D eigenvalue weighted by Gasteiger charge is -2.43. The SMILES string of the molecule is CCC1CNC(c2ccccc2)CN1C(C)CS(C)(=O)=O. The maximum absolute atomic E-state index is 11.6. The van der Waals surface area contributed by atoms with Gasteiger partial charge in [0.1, 0.15) is 9.84 Å². The Morgan fingerprint density at radius 3 is 2.57 bits per heavy atom. The lowest BCUT2D eigenvalue weighted by atomic mass is 9.99. The van der Waals surface area contributed by atoms with Crippen molar-refractivity contribution < 1.29 is 8.42 Å². The van der Waals surface area contributed by atoms with Crippen molar-refractivity contribution in [3.05, 3.63) is 35.9 Å². The van der Waals surface area contributed by atoms with Gasteiger partial charge in [0.15, 0.2) is 0 Å². The highest BCUT2D eigenvalue weighted by molar-refractivity contribution is 7.90. The van der Waals surface area contributed by atoms with Crippen LogP contribution in [0.25, 0.3) is 0 Å². The second-order valence-electron chi connectivity index (χ2n) is 6.07. The molecule has 0 spiro atoms. The average Bonchev–Trinajstić information content (AvgIpc) is 2.45. The van der Waals surface area contributed by atoms with Crippen molar-refractivity contribution in [2.24, 2.45) is 0 Å². The Morgan fingerprint density at radius 1 is 1.33 bits per heavy atom. The van der Waals surface area contributed by atoms with Crippen LogP contribution in [0.4, 0.5) is 0 Å². The van der Waals surface area contributed by atoms with Gasteiger partial charge in [-0.15, -0.1) is 0 Å². The van der Waals surface area contributed by atoms with E-state index in [2.05, 4.69) is 29.3 Å². The van der Waals surface area contributed by atoms with Gasteiger partial charge in [0.05, 0.1) is 5.75 Å². The molecule has 0 aromatic heterocycles. The summed E-state index contributed by atoms with van der Waals surface area (Å²) in [6, 6.07) is 11.1. The van der Waals surface area contributed by atoms with E-state index in [1.54, 1.807) is 0 Å². The van der Waals surface area contributed by atoms with Crippen LogP contribution in [0.1, 0.15) is 31.9 Å². The van der Waals surface area contributed by atoms with E-state index in [1.165, 1.54) is 11.8 Å². The highest BCUT2D eigenvalue weighted by Gasteiger charge is 2.31. The summed E-state index contributed by atoms with van der Waals surface area (Å²) in [7, 11) is -2.95. The molecule has 1 saturated heterocycles. The van der Waals surface area contributed by atoms with E-state index in [0.717, 1.165) is 19.5 Å². The normalized spacial score (nSPS) is 25.7.